The molecule has 4 heteroatoms. The van der Waals surface area contributed by atoms with Crippen molar-refractivity contribution < 1.29 is 0 Å². The minimum Gasteiger partial charge on any atom is -0.384 e. The van der Waals surface area contributed by atoms with E-state index >= 15 is 0 Å². The number of anilines is 1. The molecule has 0 spiro atoms. The Morgan fingerprint density at radius 1 is 1.39 bits per heavy atom. The number of halogens is 1. The molecular weight excluding hydrogens is 264 g/mol. The van der Waals surface area contributed by atoms with Gasteiger partial charge in [-0.25, -0.2) is 0 Å². The van der Waals surface area contributed by atoms with Gasteiger partial charge in [-0.3, -0.25) is 4.98 Å². The van der Waals surface area contributed by atoms with E-state index in [4.69, 9.17) is 11.6 Å². The number of thioether (sulfide) groups is 1. The predicted molar refractivity (Wildman–Crippen MR) is 82.8 cm³/mol. The molecule has 0 atom stereocenters. The molecule has 0 amide bonds. The highest BCUT2D eigenvalue weighted by molar-refractivity contribution is 7.99. The second kappa shape index (κ2) is 6.66. The first-order valence-electron chi connectivity index (χ1n) is 5.78. The molecule has 0 fully saturated rings. The highest BCUT2D eigenvalue weighted by Gasteiger charge is 2.01. The van der Waals surface area contributed by atoms with Gasteiger partial charge in [-0.15, -0.1) is 6.58 Å². The zero-order chi connectivity index (χ0) is 12.8. The largest absolute Gasteiger partial charge is 0.384 e. The molecule has 0 radical (unpaired) electrons. The molecule has 0 aliphatic carbocycles. The number of aromatic nitrogens is 1. The summed E-state index contributed by atoms with van der Waals surface area (Å²) in [6, 6.07) is 7.77. The SMILES string of the molecule is C=CCSCCNc1ccnc2cc(Cl)ccc12. The molecule has 1 aromatic carbocycles. The normalized spacial score (nSPS) is 10.5. The number of nitrogens with zero attached hydrogens (tertiary/aromatic N) is 1. The van der Waals surface area contributed by atoms with E-state index in [0.717, 1.165) is 34.6 Å². The van der Waals surface area contributed by atoms with Crippen LogP contribution in [0.5, 0.6) is 0 Å². The molecule has 0 unspecified atom stereocenters. The number of nitrogens with one attached hydrogen (secondary N) is 1. The quantitative estimate of drug-likeness (QED) is 0.633. The van der Waals surface area contributed by atoms with Crippen LogP contribution in [0, 0.1) is 0 Å². The highest BCUT2D eigenvalue weighted by Crippen LogP contribution is 2.24. The molecule has 0 aliphatic rings. The van der Waals surface area contributed by atoms with Crippen LogP contribution in [0.15, 0.2) is 43.1 Å². The number of hydrogen-bond donors (Lipinski definition) is 1. The van der Waals surface area contributed by atoms with Gasteiger partial charge in [0.15, 0.2) is 0 Å². The zero-order valence-electron chi connectivity index (χ0n) is 10.0. The third-order valence-corrected chi connectivity index (χ3v) is 3.70. The number of benzene rings is 1. The van der Waals surface area contributed by atoms with Gasteiger partial charge >= 0.3 is 0 Å². The van der Waals surface area contributed by atoms with Gasteiger partial charge in [-0.1, -0.05) is 17.7 Å². The Morgan fingerprint density at radius 3 is 3.11 bits per heavy atom. The van der Waals surface area contributed by atoms with Crippen LogP contribution in [0.2, 0.25) is 5.02 Å². The summed E-state index contributed by atoms with van der Waals surface area (Å²) in [6.07, 6.45) is 3.73. The van der Waals surface area contributed by atoms with E-state index in [2.05, 4.69) is 16.9 Å². The first-order chi connectivity index (χ1) is 8.81. The first kappa shape index (κ1) is 13.2. The van der Waals surface area contributed by atoms with Crippen molar-refractivity contribution in [3.63, 3.8) is 0 Å². The summed E-state index contributed by atoms with van der Waals surface area (Å²) in [5.74, 6) is 2.05. The summed E-state index contributed by atoms with van der Waals surface area (Å²) in [5.41, 5.74) is 2.03. The molecule has 1 aromatic heterocycles. The van der Waals surface area contributed by atoms with Gasteiger partial charge in [-0.2, -0.15) is 11.8 Å². The van der Waals surface area contributed by atoms with E-state index in [1.165, 1.54) is 0 Å². The fourth-order valence-corrected chi connectivity index (χ4v) is 2.45. The molecule has 0 saturated heterocycles. The minimum atomic E-state index is 0.716. The lowest BCUT2D eigenvalue weighted by atomic mass is 10.2. The van der Waals surface area contributed by atoms with Crippen LogP contribution in [-0.2, 0) is 0 Å². The van der Waals surface area contributed by atoms with Gasteiger partial charge in [0.1, 0.15) is 0 Å². The van der Waals surface area contributed by atoms with Gasteiger partial charge in [0.25, 0.3) is 0 Å². The van der Waals surface area contributed by atoms with Crippen molar-refractivity contribution in [2.75, 3.05) is 23.4 Å². The summed E-state index contributed by atoms with van der Waals surface area (Å²) in [6.45, 7) is 4.63. The Balaban J connectivity index is 2.06. The second-order valence-electron chi connectivity index (χ2n) is 3.81. The molecule has 0 bridgehead atoms. The van der Waals surface area contributed by atoms with Crippen molar-refractivity contribution in [2.24, 2.45) is 0 Å². The van der Waals surface area contributed by atoms with E-state index in [-0.39, 0.29) is 0 Å². The maximum absolute atomic E-state index is 5.96. The van der Waals surface area contributed by atoms with Crippen LogP contribution in [0.3, 0.4) is 0 Å². The van der Waals surface area contributed by atoms with Crippen LogP contribution in [-0.4, -0.2) is 23.0 Å². The van der Waals surface area contributed by atoms with Crippen LogP contribution >= 0.6 is 23.4 Å². The molecule has 18 heavy (non-hydrogen) atoms. The molecule has 1 N–H and O–H groups in total. The van der Waals surface area contributed by atoms with E-state index in [1.807, 2.05) is 42.1 Å². The Morgan fingerprint density at radius 2 is 2.28 bits per heavy atom. The average molecular weight is 279 g/mol. The minimum absolute atomic E-state index is 0.716. The number of fused-ring (bicyclic) bond motifs is 1. The van der Waals surface area contributed by atoms with Crippen LogP contribution in [0.1, 0.15) is 0 Å². The monoisotopic (exact) mass is 278 g/mol. The molecule has 2 rings (SSSR count). The standard InChI is InChI=1S/C14H15ClN2S/c1-2-8-18-9-7-17-13-5-6-16-14-10-11(15)3-4-12(13)14/h2-6,10H,1,7-9H2,(H,16,17). The fourth-order valence-electron chi connectivity index (χ4n) is 1.70. The molecule has 1 heterocycles. The number of rotatable bonds is 6. The van der Waals surface area contributed by atoms with Gasteiger partial charge in [0.2, 0.25) is 0 Å². The summed E-state index contributed by atoms with van der Waals surface area (Å²) in [4.78, 5) is 4.32. The number of hydrogen-bond acceptors (Lipinski definition) is 3. The lowest BCUT2D eigenvalue weighted by molar-refractivity contribution is 1.23. The highest BCUT2D eigenvalue weighted by atomic mass is 35.5. The van der Waals surface area contributed by atoms with Crippen molar-refractivity contribution in [3.8, 4) is 0 Å². The average Bonchev–Trinajstić information content (AvgIpc) is 2.38. The zero-order valence-corrected chi connectivity index (χ0v) is 11.6. The Labute approximate surface area is 116 Å². The van der Waals surface area contributed by atoms with Crippen molar-refractivity contribution in [1.29, 1.82) is 0 Å². The van der Waals surface area contributed by atoms with Crippen molar-refractivity contribution >= 4 is 40.0 Å². The van der Waals surface area contributed by atoms with Crippen molar-refractivity contribution in [2.45, 2.75) is 0 Å². The second-order valence-corrected chi connectivity index (χ2v) is 5.40. The molecular formula is C14H15ClN2S. The van der Waals surface area contributed by atoms with Gasteiger partial charge in [0, 0.05) is 40.3 Å². The number of pyridine rings is 1. The lowest BCUT2D eigenvalue weighted by Gasteiger charge is -2.09. The van der Waals surface area contributed by atoms with Gasteiger partial charge in [-0.05, 0) is 24.3 Å². The first-order valence-corrected chi connectivity index (χ1v) is 7.31. The van der Waals surface area contributed by atoms with Crippen molar-refractivity contribution in [1.82, 2.24) is 4.98 Å². The molecule has 2 nitrogen and oxygen atoms in total. The molecule has 0 aliphatic heterocycles. The third kappa shape index (κ3) is 3.40. The van der Waals surface area contributed by atoms with E-state index in [9.17, 15) is 0 Å². The van der Waals surface area contributed by atoms with Crippen LogP contribution in [0.4, 0.5) is 5.69 Å². The summed E-state index contributed by atoms with van der Waals surface area (Å²) in [5, 5.41) is 5.25. The Kier molecular flexibility index (Phi) is 4.90. The maximum Gasteiger partial charge on any atom is 0.0737 e. The molecule has 2 aromatic rings. The summed E-state index contributed by atoms with van der Waals surface area (Å²) in [7, 11) is 0. The van der Waals surface area contributed by atoms with Crippen molar-refractivity contribution in [3.05, 3.63) is 48.1 Å². The summed E-state index contributed by atoms with van der Waals surface area (Å²) >= 11 is 7.82. The molecule has 94 valence electrons. The van der Waals surface area contributed by atoms with Gasteiger partial charge < -0.3 is 5.32 Å². The Bertz CT molecular complexity index is 542. The predicted octanol–water partition coefficient (Wildman–Crippen LogP) is 4.22. The lowest BCUT2D eigenvalue weighted by Crippen LogP contribution is -2.04. The maximum atomic E-state index is 5.96. The van der Waals surface area contributed by atoms with Crippen LogP contribution < -0.4 is 5.32 Å². The fraction of sp³-hybridized carbons (Fsp3) is 0.214. The van der Waals surface area contributed by atoms with Gasteiger partial charge in [0.05, 0.1) is 5.52 Å². The third-order valence-electron chi connectivity index (χ3n) is 2.50. The summed E-state index contributed by atoms with van der Waals surface area (Å²) < 4.78 is 0. The topological polar surface area (TPSA) is 24.9 Å². The van der Waals surface area contributed by atoms with Crippen LogP contribution in [0.25, 0.3) is 10.9 Å². The Hall–Kier alpha value is -1.19. The smallest absolute Gasteiger partial charge is 0.0737 e. The van der Waals surface area contributed by atoms with E-state index < -0.39 is 0 Å². The molecule has 0 saturated carbocycles. The van der Waals surface area contributed by atoms with E-state index in [0.29, 0.717) is 5.02 Å². The van der Waals surface area contributed by atoms with E-state index in [1.54, 1.807) is 6.20 Å².